The number of hydrogen-bond acceptors (Lipinski definition) is 0. The number of allylic oxidation sites excluding steroid dienone is 1. The van der Waals surface area contributed by atoms with E-state index in [1.165, 1.54) is 64.2 Å². The second-order valence-electron chi connectivity index (χ2n) is 6.14. The summed E-state index contributed by atoms with van der Waals surface area (Å²) < 4.78 is 13.6. The monoisotopic (exact) mass is 284 g/mol. The smallest absolute Gasteiger partial charge is 0.100 e. The summed E-state index contributed by atoms with van der Waals surface area (Å²) in [5.41, 5.74) is 0. The Bertz CT molecular complexity index is 188. The molecule has 0 nitrogen and oxygen atoms in total. The molecule has 0 aliphatic heterocycles. The Hall–Kier alpha value is -0.330. The van der Waals surface area contributed by atoms with E-state index in [9.17, 15) is 4.39 Å². The Labute approximate surface area is 127 Å². The van der Waals surface area contributed by atoms with Crippen molar-refractivity contribution < 1.29 is 4.39 Å². The van der Waals surface area contributed by atoms with Crippen LogP contribution in [0.4, 0.5) is 4.39 Å². The second-order valence-corrected chi connectivity index (χ2v) is 6.14. The maximum atomic E-state index is 13.6. The first-order chi connectivity index (χ1) is 9.81. The van der Waals surface area contributed by atoms with Crippen LogP contribution in [0.5, 0.6) is 0 Å². The molecule has 0 amide bonds. The lowest BCUT2D eigenvalue weighted by molar-refractivity contribution is 0.279. The van der Waals surface area contributed by atoms with Crippen molar-refractivity contribution >= 4 is 0 Å². The van der Waals surface area contributed by atoms with Crippen molar-refractivity contribution in [1.82, 2.24) is 0 Å². The van der Waals surface area contributed by atoms with Crippen LogP contribution in [0.3, 0.4) is 0 Å². The van der Waals surface area contributed by atoms with Gasteiger partial charge in [-0.25, -0.2) is 4.39 Å². The maximum Gasteiger partial charge on any atom is 0.100 e. The summed E-state index contributed by atoms with van der Waals surface area (Å²) in [6.07, 6.45) is 19.2. The molecule has 120 valence electrons. The maximum absolute atomic E-state index is 13.6. The summed E-state index contributed by atoms with van der Waals surface area (Å²) >= 11 is 0. The standard InChI is InChI=1S/C19H37F/c1-3-5-7-9-11-12-14-16-18-19(20)17-15-13-10-8-6-4-2/h3,19H,1,4-18H2,2H3/t19-/m0/s1. The third-order valence-electron chi connectivity index (χ3n) is 4.05. The predicted molar refractivity (Wildman–Crippen MR) is 90.0 cm³/mol. The molecule has 0 unspecified atom stereocenters. The fourth-order valence-corrected chi connectivity index (χ4v) is 2.65. The van der Waals surface area contributed by atoms with Gasteiger partial charge in [0, 0.05) is 0 Å². The van der Waals surface area contributed by atoms with Crippen molar-refractivity contribution in [3.63, 3.8) is 0 Å². The van der Waals surface area contributed by atoms with E-state index in [1.807, 2.05) is 6.08 Å². The molecule has 0 aromatic heterocycles. The molecule has 0 N–H and O–H groups in total. The highest BCUT2D eigenvalue weighted by atomic mass is 19.1. The van der Waals surface area contributed by atoms with Crippen LogP contribution < -0.4 is 0 Å². The Morgan fingerprint density at radius 2 is 1.20 bits per heavy atom. The van der Waals surface area contributed by atoms with Crippen LogP contribution in [0.2, 0.25) is 0 Å². The van der Waals surface area contributed by atoms with E-state index in [0.717, 1.165) is 32.1 Å². The van der Waals surface area contributed by atoms with Crippen LogP contribution in [0.25, 0.3) is 0 Å². The molecule has 0 aromatic carbocycles. The van der Waals surface area contributed by atoms with Gasteiger partial charge in [0.15, 0.2) is 0 Å². The molecular formula is C19H37F. The van der Waals surface area contributed by atoms with E-state index in [-0.39, 0.29) is 0 Å². The van der Waals surface area contributed by atoms with E-state index < -0.39 is 6.17 Å². The van der Waals surface area contributed by atoms with Crippen molar-refractivity contribution in [1.29, 1.82) is 0 Å². The summed E-state index contributed by atoms with van der Waals surface area (Å²) in [5.74, 6) is 0. The van der Waals surface area contributed by atoms with Crippen molar-refractivity contribution in [2.75, 3.05) is 0 Å². The van der Waals surface area contributed by atoms with Crippen molar-refractivity contribution in [2.45, 2.75) is 109 Å². The van der Waals surface area contributed by atoms with Gasteiger partial charge in [0.05, 0.1) is 0 Å². The number of alkyl halides is 1. The van der Waals surface area contributed by atoms with E-state index in [1.54, 1.807) is 0 Å². The predicted octanol–water partition coefficient (Wildman–Crippen LogP) is 7.38. The molecule has 0 saturated heterocycles. The summed E-state index contributed by atoms with van der Waals surface area (Å²) in [6.45, 7) is 5.96. The lowest BCUT2D eigenvalue weighted by Gasteiger charge is -2.08. The number of halogens is 1. The molecule has 0 aromatic rings. The third-order valence-corrected chi connectivity index (χ3v) is 4.05. The number of rotatable bonds is 16. The molecule has 0 saturated carbocycles. The average Bonchev–Trinajstić information content (AvgIpc) is 2.45. The summed E-state index contributed by atoms with van der Waals surface area (Å²) in [6, 6.07) is 0. The Kier molecular flexibility index (Phi) is 16.4. The molecule has 0 spiro atoms. The molecule has 0 aliphatic rings. The third kappa shape index (κ3) is 15.7. The first-order valence-electron chi connectivity index (χ1n) is 9.06. The zero-order chi connectivity index (χ0) is 14.9. The lowest BCUT2D eigenvalue weighted by atomic mass is 10.0. The first kappa shape index (κ1) is 19.7. The van der Waals surface area contributed by atoms with Gasteiger partial charge in [0.2, 0.25) is 0 Å². The highest BCUT2D eigenvalue weighted by molar-refractivity contribution is 4.65. The van der Waals surface area contributed by atoms with Crippen LogP contribution in [0.1, 0.15) is 103 Å². The molecule has 0 fully saturated rings. The second kappa shape index (κ2) is 16.7. The Morgan fingerprint density at radius 1 is 0.750 bits per heavy atom. The molecule has 0 rings (SSSR count). The van der Waals surface area contributed by atoms with E-state index >= 15 is 0 Å². The number of unbranched alkanes of at least 4 members (excludes halogenated alkanes) is 11. The van der Waals surface area contributed by atoms with Gasteiger partial charge in [0.1, 0.15) is 6.17 Å². The molecular weight excluding hydrogens is 247 g/mol. The summed E-state index contributed by atoms with van der Waals surface area (Å²) in [4.78, 5) is 0. The highest BCUT2D eigenvalue weighted by Gasteiger charge is 2.05. The zero-order valence-electron chi connectivity index (χ0n) is 13.8. The summed E-state index contributed by atoms with van der Waals surface area (Å²) in [7, 11) is 0. The normalized spacial score (nSPS) is 12.5. The fourth-order valence-electron chi connectivity index (χ4n) is 2.65. The average molecular weight is 285 g/mol. The summed E-state index contributed by atoms with van der Waals surface area (Å²) in [5, 5.41) is 0. The molecule has 1 heteroatoms. The van der Waals surface area contributed by atoms with E-state index in [2.05, 4.69) is 13.5 Å². The topological polar surface area (TPSA) is 0 Å². The van der Waals surface area contributed by atoms with Gasteiger partial charge in [-0.15, -0.1) is 6.58 Å². The van der Waals surface area contributed by atoms with Gasteiger partial charge < -0.3 is 0 Å². The Balaban J connectivity index is 3.12. The quantitative estimate of drug-likeness (QED) is 0.205. The fraction of sp³-hybridized carbons (Fsp3) is 0.895. The minimum atomic E-state index is -0.540. The SMILES string of the molecule is C=CCCCCCCCC[C@@H](F)CCCCCCCC. The molecule has 1 atom stereocenters. The zero-order valence-corrected chi connectivity index (χ0v) is 13.8. The van der Waals surface area contributed by atoms with Crippen LogP contribution in [0, 0.1) is 0 Å². The largest absolute Gasteiger partial charge is 0.247 e. The van der Waals surface area contributed by atoms with Gasteiger partial charge in [-0.05, 0) is 25.7 Å². The van der Waals surface area contributed by atoms with Gasteiger partial charge in [-0.1, -0.05) is 83.6 Å². The van der Waals surface area contributed by atoms with Gasteiger partial charge in [-0.2, -0.15) is 0 Å². The van der Waals surface area contributed by atoms with Crippen LogP contribution in [0.15, 0.2) is 12.7 Å². The van der Waals surface area contributed by atoms with E-state index in [0.29, 0.717) is 0 Å². The molecule has 0 aliphatic carbocycles. The van der Waals surface area contributed by atoms with Crippen molar-refractivity contribution in [2.24, 2.45) is 0 Å². The van der Waals surface area contributed by atoms with Gasteiger partial charge in [-0.3, -0.25) is 0 Å². The van der Waals surface area contributed by atoms with Crippen molar-refractivity contribution in [3.8, 4) is 0 Å². The minimum absolute atomic E-state index is 0.540. The molecule has 20 heavy (non-hydrogen) atoms. The van der Waals surface area contributed by atoms with Crippen LogP contribution in [-0.2, 0) is 0 Å². The highest BCUT2D eigenvalue weighted by Crippen LogP contribution is 2.16. The first-order valence-corrected chi connectivity index (χ1v) is 9.06. The van der Waals surface area contributed by atoms with Gasteiger partial charge >= 0.3 is 0 Å². The molecule has 0 radical (unpaired) electrons. The number of hydrogen-bond donors (Lipinski definition) is 0. The van der Waals surface area contributed by atoms with Crippen LogP contribution in [-0.4, -0.2) is 6.17 Å². The van der Waals surface area contributed by atoms with Gasteiger partial charge in [0.25, 0.3) is 0 Å². The Morgan fingerprint density at radius 3 is 1.70 bits per heavy atom. The minimum Gasteiger partial charge on any atom is -0.247 e. The lowest BCUT2D eigenvalue weighted by Crippen LogP contribution is -2.00. The van der Waals surface area contributed by atoms with Crippen LogP contribution >= 0.6 is 0 Å². The van der Waals surface area contributed by atoms with E-state index in [4.69, 9.17) is 0 Å². The molecule has 0 heterocycles. The van der Waals surface area contributed by atoms with Crippen molar-refractivity contribution in [3.05, 3.63) is 12.7 Å². The molecule has 0 bridgehead atoms.